The molecular formula is C18H16N4O2S2. The van der Waals surface area contributed by atoms with Gasteiger partial charge < -0.3 is 10.6 Å². The van der Waals surface area contributed by atoms with Crippen LogP contribution in [0.2, 0.25) is 0 Å². The van der Waals surface area contributed by atoms with E-state index in [0.29, 0.717) is 12.4 Å². The zero-order chi connectivity index (χ0) is 17.9. The summed E-state index contributed by atoms with van der Waals surface area (Å²) in [4.78, 5) is 25.5. The summed E-state index contributed by atoms with van der Waals surface area (Å²) in [5, 5.41) is 12.0. The number of carbonyl (C=O) groups is 2. The van der Waals surface area contributed by atoms with E-state index in [0.717, 1.165) is 33.3 Å². The van der Waals surface area contributed by atoms with Crippen LogP contribution in [0.1, 0.15) is 16.1 Å². The van der Waals surface area contributed by atoms with E-state index in [4.69, 9.17) is 0 Å². The van der Waals surface area contributed by atoms with E-state index in [1.54, 1.807) is 16.4 Å². The molecule has 3 aromatic rings. The van der Waals surface area contributed by atoms with E-state index in [1.165, 1.54) is 11.3 Å². The van der Waals surface area contributed by atoms with E-state index < -0.39 is 11.8 Å². The highest BCUT2D eigenvalue weighted by atomic mass is 32.2. The number of para-hydroxylation sites is 1. The highest BCUT2D eigenvalue weighted by molar-refractivity contribution is 7.98. The second-order valence-electron chi connectivity index (χ2n) is 5.73. The zero-order valence-corrected chi connectivity index (χ0v) is 15.4. The van der Waals surface area contributed by atoms with Crippen LogP contribution in [0, 0.1) is 0 Å². The van der Waals surface area contributed by atoms with Crippen LogP contribution in [0.15, 0.2) is 47.8 Å². The lowest BCUT2D eigenvalue weighted by Crippen LogP contribution is -2.35. The average Bonchev–Trinajstić information content (AvgIpc) is 3.39. The van der Waals surface area contributed by atoms with Gasteiger partial charge in [-0.15, -0.1) is 11.3 Å². The minimum Gasteiger partial charge on any atom is -0.343 e. The molecule has 0 atom stereocenters. The number of hydrogen-bond acceptors (Lipinski definition) is 5. The van der Waals surface area contributed by atoms with Gasteiger partial charge >= 0.3 is 11.8 Å². The van der Waals surface area contributed by atoms with Crippen LogP contribution in [0.5, 0.6) is 0 Å². The molecule has 2 N–H and O–H groups in total. The van der Waals surface area contributed by atoms with Crippen LogP contribution in [0.4, 0.5) is 5.82 Å². The van der Waals surface area contributed by atoms with Crippen molar-refractivity contribution in [1.82, 2.24) is 15.1 Å². The summed E-state index contributed by atoms with van der Waals surface area (Å²) >= 11 is 3.28. The van der Waals surface area contributed by atoms with Gasteiger partial charge in [0.1, 0.15) is 5.82 Å². The highest BCUT2D eigenvalue weighted by Gasteiger charge is 2.26. The number of nitrogens with zero attached hydrogens (tertiary/aromatic N) is 2. The number of hydrogen-bond donors (Lipinski definition) is 2. The van der Waals surface area contributed by atoms with Gasteiger partial charge in [-0.05, 0) is 23.6 Å². The van der Waals surface area contributed by atoms with Crippen molar-refractivity contribution >= 4 is 40.7 Å². The van der Waals surface area contributed by atoms with Crippen molar-refractivity contribution in [2.45, 2.75) is 18.1 Å². The van der Waals surface area contributed by atoms with Crippen LogP contribution in [0.25, 0.3) is 5.69 Å². The lowest BCUT2D eigenvalue weighted by Gasteiger charge is -2.11. The van der Waals surface area contributed by atoms with Crippen molar-refractivity contribution in [3.63, 3.8) is 0 Å². The molecule has 4 rings (SSSR count). The van der Waals surface area contributed by atoms with E-state index in [2.05, 4.69) is 15.7 Å². The van der Waals surface area contributed by atoms with Crippen LogP contribution in [-0.4, -0.2) is 21.6 Å². The summed E-state index contributed by atoms with van der Waals surface area (Å²) in [5.41, 5.74) is 2.78. The largest absolute Gasteiger partial charge is 0.343 e. The van der Waals surface area contributed by atoms with Crippen molar-refractivity contribution in [2.24, 2.45) is 0 Å². The molecule has 2 amide bonds. The third kappa shape index (κ3) is 3.38. The Morgan fingerprint density at radius 1 is 1.08 bits per heavy atom. The summed E-state index contributed by atoms with van der Waals surface area (Å²) in [5.74, 6) is 0.821. The fourth-order valence-corrected chi connectivity index (χ4v) is 4.40. The molecule has 0 aliphatic carbocycles. The molecule has 6 nitrogen and oxygen atoms in total. The SMILES string of the molecule is O=C(NCc1cccs1)C(=O)Nc1c2c(nn1-c1ccccc1)CSC2. The molecule has 0 saturated heterocycles. The van der Waals surface area contributed by atoms with Crippen molar-refractivity contribution in [3.8, 4) is 5.69 Å². The number of rotatable bonds is 4. The van der Waals surface area contributed by atoms with Crippen LogP contribution in [0.3, 0.4) is 0 Å². The molecular weight excluding hydrogens is 368 g/mol. The Bertz CT molecular complexity index is 936. The zero-order valence-electron chi connectivity index (χ0n) is 13.8. The Balaban J connectivity index is 1.53. The Hall–Kier alpha value is -2.58. The maximum absolute atomic E-state index is 12.4. The number of thiophene rings is 1. The Morgan fingerprint density at radius 3 is 2.69 bits per heavy atom. The van der Waals surface area contributed by atoms with Crippen molar-refractivity contribution in [2.75, 3.05) is 5.32 Å². The number of carbonyl (C=O) groups excluding carboxylic acids is 2. The first-order valence-corrected chi connectivity index (χ1v) is 10.1. The topological polar surface area (TPSA) is 76.0 Å². The maximum Gasteiger partial charge on any atom is 0.314 e. The lowest BCUT2D eigenvalue weighted by molar-refractivity contribution is -0.136. The van der Waals surface area contributed by atoms with Gasteiger partial charge in [0.2, 0.25) is 0 Å². The van der Waals surface area contributed by atoms with Gasteiger partial charge in [-0.3, -0.25) is 9.59 Å². The number of aromatic nitrogens is 2. The summed E-state index contributed by atoms with van der Waals surface area (Å²) < 4.78 is 1.70. The van der Waals surface area contributed by atoms with Crippen molar-refractivity contribution < 1.29 is 9.59 Å². The first-order valence-electron chi connectivity index (χ1n) is 8.08. The third-order valence-electron chi connectivity index (χ3n) is 3.99. The third-order valence-corrected chi connectivity index (χ3v) is 5.84. The van der Waals surface area contributed by atoms with E-state index in [-0.39, 0.29) is 0 Å². The van der Waals surface area contributed by atoms with Crippen molar-refractivity contribution in [1.29, 1.82) is 0 Å². The number of anilines is 1. The second-order valence-corrected chi connectivity index (χ2v) is 7.75. The van der Waals surface area contributed by atoms with Gasteiger partial charge in [-0.1, -0.05) is 24.3 Å². The minimum atomic E-state index is -0.682. The van der Waals surface area contributed by atoms with Gasteiger partial charge in [-0.25, -0.2) is 4.68 Å². The first-order chi connectivity index (χ1) is 12.7. The van der Waals surface area contributed by atoms with E-state index in [1.807, 2.05) is 47.8 Å². The molecule has 0 saturated carbocycles. The summed E-state index contributed by atoms with van der Waals surface area (Å²) in [6.07, 6.45) is 0. The normalized spacial score (nSPS) is 12.6. The Morgan fingerprint density at radius 2 is 1.92 bits per heavy atom. The molecule has 0 fully saturated rings. The van der Waals surface area contributed by atoms with Crippen LogP contribution >= 0.6 is 23.1 Å². The summed E-state index contributed by atoms with van der Waals surface area (Å²) in [6.45, 7) is 0.343. The van der Waals surface area contributed by atoms with E-state index in [9.17, 15) is 9.59 Å². The van der Waals surface area contributed by atoms with Crippen LogP contribution < -0.4 is 10.6 Å². The monoisotopic (exact) mass is 384 g/mol. The molecule has 0 bridgehead atoms. The molecule has 132 valence electrons. The molecule has 0 radical (unpaired) electrons. The summed E-state index contributed by atoms with van der Waals surface area (Å²) in [7, 11) is 0. The summed E-state index contributed by atoms with van der Waals surface area (Å²) in [6, 6.07) is 13.4. The predicted molar refractivity (Wildman–Crippen MR) is 103 cm³/mol. The van der Waals surface area contributed by atoms with Gasteiger partial charge in [-0.2, -0.15) is 16.9 Å². The molecule has 26 heavy (non-hydrogen) atoms. The fourth-order valence-electron chi connectivity index (χ4n) is 2.72. The quantitative estimate of drug-likeness (QED) is 0.678. The molecule has 1 aromatic carbocycles. The number of amides is 2. The maximum atomic E-state index is 12.4. The standard InChI is InChI=1S/C18H16N4O2S2/c23-17(19-9-13-7-4-8-26-13)18(24)20-16-14-10-25-11-15(14)21-22(16)12-5-2-1-3-6-12/h1-8H,9-11H2,(H,19,23)(H,20,24). The molecule has 0 unspecified atom stereocenters. The van der Waals surface area contributed by atoms with Crippen LogP contribution in [-0.2, 0) is 27.6 Å². The average molecular weight is 384 g/mol. The number of thioether (sulfide) groups is 1. The highest BCUT2D eigenvalue weighted by Crippen LogP contribution is 2.35. The fraction of sp³-hybridized carbons (Fsp3) is 0.167. The number of benzene rings is 1. The van der Waals surface area contributed by atoms with Gasteiger partial charge in [0, 0.05) is 21.9 Å². The Labute approximate surface area is 158 Å². The first kappa shape index (κ1) is 16.9. The minimum absolute atomic E-state index is 0.343. The Kier molecular flexibility index (Phi) is 4.77. The second kappa shape index (κ2) is 7.35. The molecule has 1 aliphatic rings. The van der Waals surface area contributed by atoms with Gasteiger partial charge in [0.15, 0.2) is 0 Å². The van der Waals surface area contributed by atoms with E-state index >= 15 is 0 Å². The molecule has 0 spiro atoms. The predicted octanol–water partition coefficient (Wildman–Crippen LogP) is 2.94. The number of nitrogens with one attached hydrogen (secondary N) is 2. The molecule has 3 heterocycles. The van der Waals surface area contributed by atoms with Gasteiger partial charge in [0.25, 0.3) is 0 Å². The molecule has 1 aliphatic heterocycles. The smallest absolute Gasteiger partial charge is 0.314 e. The number of fused-ring (bicyclic) bond motifs is 1. The van der Waals surface area contributed by atoms with Gasteiger partial charge in [0.05, 0.1) is 17.9 Å². The lowest BCUT2D eigenvalue weighted by atomic mass is 10.2. The molecule has 8 heteroatoms. The van der Waals surface area contributed by atoms with Crippen molar-refractivity contribution in [3.05, 3.63) is 64.0 Å². The molecule has 2 aromatic heterocycles.